The Kier molecular flexibility index (Phi) is 13.8. The van der Waals surface area contributed by atoms with E-state index in [1.165, 1.54) is 23.1 Å². The number of alkyl carbamates (subject to hydrolysis) is 1. The van der Waals surface area contributed by atoms with Gasteiger partial charge in [-0.05, 0) is 75.8 Å². The molecule has 0 saturated carbocycles. The number of esters is 1. The standard InChI is InChI=1S/C40H43ClN6O5S2/c1-25(2)20-33(45-39(49)52-40(3,4)5)38(48)51-19-18-50-30-14-10-26(11-15-30)34-31(21-42)35(47-16-6-7-17-47)46-37(32(34)22-43)54-24-29-23-53-36(44-29)27-8-12-28(41)13-9-27/h8-15,23,25,33H,6-7,16-20,24H2,1-5H3,(H,45,49)/t33-/m0/s1. The van der Waals surface area contributed by atoms with Gasteiger partial charge in [-0.2, -0.15) is 10.5 Å². The number of halogens is 1. The van der Waals surface area contributed by atoms with E-state index in [2.05, 4.69) is 22.4 Å². The fraction of sp³-hybridized carbons (Fsp3) is 0.400. The zero-order chi connectivity index (χ0) is 38.8. The maximum absolute atomic E-state index is 12.8. The lowest BCUT2D eigenvalue weighted by Gasteiger charge is -2.23. The molecule has 1 fully saturated rings. The van der Waals surface area contributed by atoms with Crippen LogP contribution in [0.3, 0.4) is 0 Å². The molecule has 0 bridgehead atoms. The zero-order valence-corrected chi connectivity index (χ0v) is 33.4. The van der Waals surface area contributed by atoms with Crippen LogP contribution >= 0.6 is 34.7 Å². The second kappa shape index (κ2) is 18.5. The lowest BCUT2D eigenvalue weighted by Crippen LogP contribution is -2.45. The molecule has 11 nitrogen and oxygen atoms in total. The third-order valence-electron chi connectivity index (χ3n) is 8.20. The highest BCUT2D eigenvalue weighted by molar-refractivity contribution is 7.98. The third kappa shape index (κ3) is 10.9. The number of nitrogens with one attached hydrogen (secondary N) is 1. The number of nitriles is 2. The van der Waals surface area contributed by atoms with Gasteiger partial charge in [-0.15, -0.1) is 11.3 Å². The Bertz CT molecular complexity index is 2010. The van der Waals surface area contributed by atoms with Crippen molar-refractivity contribution in [2.75, 3.05) is 31.2 Å². The van der Waals surface area contributed by atoms with Crippen molar-refractivity contribution in [3.8, 4) is 39.6 Å². The predicted molar refractivity (Wildman–Crippen MR) is 212 cm³/mol. The number of ether oxygens (including phenoxy) is 3. The van der Waals surface area contributed by atoms with Crippen LogP contribution in [-0.2, 0) is 20.0 Å². The van der Waals surface area contributed by atoms with E-state index in [1.54, 1.807) is 32.9 Å². The van der Waals surface area contributed by atoms with Crippen molar-refractivity contribution in [3.63, 3.8) is 0 Å². The van der Waals surface area contributed by atoms with Gasteiger partial charge in [0.15, 0.2) is 0 Å². The number of pyridine rings is 1. The number of carbonyl (C=O) groups excluding carboxylic acids is 2. The van der Waals surface area contributed by atoms with Gasteiger partial charge < -0.3 is 24.4 Å². The Balaban J connectivity index is 1.30. The summed E-state index contributed by atoms with van der Waals surface area (Å²) in [5.74, 6) is 1.14. The van der Waals surface area contributed by atoms with Crippen LogP contribution in [0.4, 0.5) is 10.6 Å². The van der Waals surface area contributed by atoms with E-state index in [4.69, 9.17) is 35.8 Å². The SMILES string of the molecule is CC(C)C[C@H](NC(=O)OC(C)(C)C)C(=O)OCCOc1ccc(-c2c(C#N)c(SCc3csc(-c4ccc(Cl)cc4)n3)nc(N3CCCC3)c2C#N)cc1. The van der Waals surface area contributed by atoms with E-state index >= 15 is 0 Å². The van der Waals surface area contributed by atoms with Crippen LogP contribution in [0.25, 0.3) is 21.7 Å². The summed E-state index contributed by atoms with van der Waals surface area (Å²) in [4.78, 5) is 37.0. The molecule has 3 heterocycles. The van der Waals surface area contributed by atoms with E-state index in [0.717, 1.165) is 42.2 Å². The molecule has 2 aromatic heterocycles. The summed E-state index contributed by atoms with van der Waals surface area (Å²) >= 11 is 9.03. The molecule has 1 N–H and O–H groups in total. The summed E-state index contributed by atoms with van der Waals surface area (Å²) in [6, 6.07) is 18.5. The third-order valence-corrected chi connectivity index (χ3v) is 10.4. The van der Waals surface area contributed by atoms with Gasteiger partial charge in [0.1, 0.15) is 64.2 Å². The number of hydrogen-bond acceptors (Lipinski definition) is 12. The first-order chi connectivity index (χ1) is 25.8. The van der Waals surface area contributed by atoms with Crippen molar-refractivity contribution in [1.82, 2.24) is 15.3 Å². The summed E-state index contributed by atoms with van der Waals surface area (Å²) < 4.78 is 16.6. The van der Waals surface area contributed by atoms with Crippen molar-refractivity contribution in [1.29, 1.82) is 10.5 Å². The maximum Gasteiger partial charge on any atom is 0.408 e. The van der Waals surface area contributed by atoms with E-state index in [9.17, 15) is 20.1 Å². The minimum Gasteiger partial charge on any atom is -0.490 e. The van der Waals surface area contributed by atoms with Crippen LogP contribution in [0.1, 0.15) is 70.7 Å². The average molecular weight is 787 g/mol. The normalized spacial score (nSPS) is 13.2. The van der Waals surface area contributed by atoms with Crippen LogP contribution in [0.5, 0.6) is 5.75 Å². The molecule has 2 aromatic carbocycles. The minimum absolute atomic E-state index is 0.0351. The van der Waals surface area contributed by atoms with Crippen LogP contribution in [-0.4, -0.2) is 60.0 Å². The summed E-state index contributed by atoms with van der Waals surface area (Å²) in [5, 5.41) is 27.6. The first kappa shape index (κ1) is 40.4. The monoisotopic (exact) mass is 786 g/mol. The molecular formula is C40H43ClN6O5S2. The molecule has 0 spiro atoms. The number of carbonyl (C=O) groups is 2. The smallest absolute Gasteiger partial charge is 0.408 e. The molecule has 1 amide bonds. The fourth-order valence-corrected chi connectivity index (χ4v) is 7.74. The summed E-state index contributed by atoms with van der Waals surface area (Å²) in [5.41, 5.74) is 3.01. The summed E-state index contributed by atoms with van der Waals surface area (Å²) in [6.07, 6.45) is 1.70. The molecule has 282 valence electrons. The topological polar surface area (TPSA) is 150 Å². The van der Waals surface area contributed by atoms with E-state index in [0.29, 0.717) is 56.0 Å². The van der Waals surface area contributed by atoms with Gasteiger partial charge in [0.2, 0.25) is 0 Å². The second-order valence-corrected chi connectivity index (χ2v) is 16.4. The Labute approximate surface area is 329 Å². The van der Waals surface area contributed by atoms with Gasteiger partial charge in [-0.1, -0.05) is 61.5 Å². The number of benzene rings is 2. The molecule has 5 rings (SSSR count). The molecule has 0 aliphatic carbocycles. The highest BCUT2D eigenvalue weighted by Gasteiger charge is 2.28. The van der Waals surface area contributed by atoms with Crippen molar-refractivity contribution in [3.05, 3.63) is 75.8 Å². The number of rotatable bonds is 14. The number of anilines is 1. The summed E-state index contributed by atoms with van der Waals surface area (Å²) in [6.45, 7) is 10.7. The molecule has 0 unspecified atom stereocenters. The van der Waals surface area contributed by atoms with Gasteiger partial charge in [-0.25, -0.2) is 19.6 Å². The maximum atomic E-state index is 12.8. The number of aromatic nitrogens is 2. The number of thioether (sulfide) groups is 1. The number of thiazole rings is 1. The van der Waals surface area contributed by atoms with Crippen molar-refractivity contribution in [2.45, 2.75) is 76.3 Å². The van der Waals surface area contributed by atoms with Crippen LogP contribution in [0.15, 0.2) is 58.9 Å². The fourth-order valence-electron chi connectivity index (χ4n) is 5.81. The van der Waals surface area contributed by atoms with Gasteiger partial charge in [0.05, 0.1) is 11.3 Å². The molecule has 4 aromatic rings. The van der Waals surface area contributed by atoms with Crippen molar-refractivity contribution in [2.24, 2.45) is 5.92 Å². The molecule has 1 atom stereocenters. The zero-order valence-electron chi connectivity index (χ0n) is 31.0. The average Bonchev–Trinajstić information content (AvgIpc) is 3.84. The first-order valence-electron chi connectivity index (χ1n) is 17.7. The van der Waals surface area contributed by atoms with Gasteiger partial charge in [-0.3, -0.25) is 0 Å². The highest BCUT2D eigenvalue weighted by Crippen LogP contribution is 2.40. The Hall–Kier alpha value is -4.82. The Morgan fingerprint density at radius 3 is 2.28 bits per heavy atom. The van der Waals surface area contributed by atoms with Gasteiger partial charge in [0, 0.05) is 40.4 Å². The molecular weight excluding hydrogens is 744 g/mol. The Morgan fingerprint density at radius 1 is 0.981 bits per heavy atom. The lowest BCUT2D eigenvalue weighted by molar-refractivity contribution is -0.147. The molecule has 1 aliphatic rings. The number of amides is 1. The Morgan fingerprint density at radius 2 is 1.65 bits per heavy atom. The highest BCUT2D eigenvalue weighted by atomic mass is 35.5. The summed E-state index contributed by atoms with van der Waals surface area (Å²) in [7, 11) is 0. The minimum atomic E-state index is -0.856. The predicted octanol–water partition coefficient (Wildman–Crippen LogP) is 9.02. The van der Waals surface area contributed by atoms with Crippen LogP contribution in [0, 0.1) is 28.6 Å². The largest absolute Gasteiger partial charge is 0.490 e. The number of nitrogens with zero attached hydrogens (tertiary/aromatic N) is 5. The molecule has 1 saturated heterocycles. The molecule has 0 radical (unpaired) electrons. The van der Waals surface area contributed by atoms with E-state index in [1.807, 2.05) is 55.6 Å². The van der Waals surface area contributed by atoms with E-state index in [-0.39, 0.29) is 19.1 Å². The van der Waals surface area contributed by atoms with Gasteiger partial charge in [0.25, 0.3) is 0 Å². The van der Waals surface area contributed by atoms with Crippen LogP contribution in [0.2, 0.25) is 5.02 Å². The second-order valence-electron chi connectivity index (χ2n) is 14.1. The first-order valence-corrected chi connectivity index (χ1v) is 19.9. The molecule has 54 heavy (non-hydrogen) atoms. The van der Waals surface area contributed by atoms with Crippen molar-refractivity contribution >= 4 is 52.6 Å². The van der Waals surface area contributed by atoms with Gasteiger partial charge >= 0.3 is 12.1 Å². The molecule has 14 heteroatoms. The molecule has 1 aliphatic heterocycles. The lowest BCUT2D eigenvalue weighted by atomic mass is 9.96. The van der Waals surface area contributed by atoms with Crippen LogP contribution < -0.4 is 15.0 Å². The van der Waals surface area contributed by atoms with Crippen molar-refractivity contribution < 1.29 is 23.8 Å². The number of hydrogen-bond donors (Lipinski definition) is 1. The quantitative estimate of drug-likeness (QED) is 0.0741. The van der Waals surface area contributed by atoms with E-state index < -0.39 is 23.7 Å².